The molecule has 1 heterocycles. The third-order valence-corrected chi connectivity index (χ3v) is 3.36. The molecular weight excluding hydrogens is 226 g/mol. The summed E-state index contributed by atoms with van der Waals surface area (Å²) in [4.78, 5) is 15.5. The van der Waals surface area contributed by atoms with E-state index in [9.17, 15) is 4.79 Å². The lowest BCUT2D eigenvalue weighted by molar-refractivity contribution is -0.128. The first-order valence-corrected chi connectivity index (χ1v) is 6.36. The monoisotopic (exact) mass is 247 g/mol. The smallest absolute Gasteiger partial charge is 0.223 e. The van der Waals surface area contributed by atoms with Crippen molar-refractivity contribution >= 4 is 11.6 Å². The van der Waals surface area contributed by atoms with Crippen molar-refractivity contribution in [2.75, 3.05) is 32.1 Å². The van der Waals surface area contributed by atoms with Gasteiger partial charge in [0.05, 0.1) is 0 Å². The molecule has 0 saturated heterocycles. The van der Waals surface area contributed by atoms with Crippen molar-refractivity contribution in [3.63, 3.8) is 0 Å². The second-order valence-corrected chi connectivity index (χ2v) is 5.08. The number of carbonyl (C=O) groups excluding carboxylic acids is 1. The maximum Gasteiger partial charge on any atom is 0.223 e. The Morgan fingerprint density at radius 1 is 1.44 bits per heavy atom. The number of amides is 1. The summed E-state index contributed by atoms with van der Waals surface area (Å²) in [7, 11) is 3.58. The van der Waals surface area contributed by atoms with Crippen LogP contribution in [0.3, 0.4) is 0 Å². The van der Waals surface area contributed by atoms with E-state index in [-0.39, 0.29) is 11.9 Å². The Morgan fingerprint density at radius 2 is 2.17 bits per heavy atom. The van der Waals surface area contributed by atoms with Crippen LogP contribution in [-0.4, -0.2) is 44.0 Å². The number of anilines is 1. The fraction of sp³-hybridized carbons (Fsp3) is 0.500. The Balaban J connectivity index is 2.07. The predicted octanol–water partition coefficient (Wildman–Crippen LogP) is 0.855. The van der Waals surface area contributed by atoms with Crippen molar-refractivity contribution in [2.24, 2.45) is 5.73 Å². The second kappa shape index (κ2) is 5.40. The van der Waals surface area contributed by atoms with Crippen LogP contribution < -0.4 is 10.6 Å². The fourth-order valence-corrected chi connectivity index (χ4v) is 2.39. The molecule has 18 heavy (non-hydrogen) atoms. The van der Waals surface area contributed by atoms with Crippen LogP contribution in [0, 0.1) is 0 Å². The molecule has 1 aliphatic heterocycles. The molecule has 0 fully saturated rings. The third kappa shape index (κ3) is 2.82. The molecule has 1 unspecified atom stereocenters. The number of hydrogen-bond acceptors (Lipinski definition) is 3. The van der Waals surface area contributed by atoms with Gasteiger partial charge in [0.15, 0.2) is 0 Å². The highest BCUT2D eigenvalue weighted by Gasteiger charge is 2.21. The van der Waals surface area contributed by atoms with Gasteiger partial charge in [-0.15, -0.1) is 0 Å². The van der Waals surface area contributed by atoms with Gasteiger partial charge in [0.2, 0.25) is 5.91 Å². The number of nitrogens with two attached hydrogens (primary N) is 1. The van der Waals surface area contributed by atoms with Crippen molar-refractivity contribution in [1.82, 2.24) is 4.90 Å². The zero-order chi connectivity index (χ0) is 13.1. The van der Waals surface area contributed by atoms with Gasteiger partial charge < -0.3 is 15.5 Å². The highest BCUT2D eigenvalue weighted by molar-refractivity contribution is 5.76. The third-order valence-electron chi connectivity index (χ3n) is 3.36. The summed E-state index contributed by atoms with van der Waals surface area (Å²) in [5.41, 5.74) is 8.58. The maximum atomic E-state index is 11.6. The number of nitrogens with zero attached hydrogens (tertiary/aromatic N) is 2. The summed E-state index contributed by atoms with van der Waals surface area (Å²) in [6.45, 7) is 1.57. The zero-order valence-corrected chi connectivity index (χ0v) is 11.1. The van der Waals surface area contributed by atoms with Crippen molar-refractivity contribution in [3.05, 3.63) is 29.8 Å². The second-order valence-electron chi connectivity index (χ2n) is 5.08. The van der Waals surface area contributed by atoms with Gasteiger partial charge in [0.1, 0.15) is 0 Å². The molecular formula is C14H21N3O. The average molecular weight is 247 g/mol. The first-order chi connectivity index (χ1) is 8.58. The number of hydrogen-bond donors (Lipinski definition) is 1. The fourth-order valence-electron chi connectivity index (χ4n) is 2.39. The van der Waals surface area contributed by atoms with Crippen molar-refractivity contribution in [2.45, 2.75) is 18.9 Å². The average Bonchev–Trinajstić information content (AvgIpc) is 2.35. The topological polar surface area (TPSA) is 49.6 Å². The van der Waals surface area contributed by atoms with Crippen LogP contribution in [0.15, 0.2) is 24.3 Å². The van der Waals surface area contributed by atoms with Gasteiger partial charge in [-0.1, -0.05) is 18.2 Å². The van der Waals surface area contributed by atoms with E-state index >= 15 is 0 Å². The van der Waals surface area contributed by atoms with E-state index in [0.29, 0.717) is 6.42 Å². The molecule has 0 radical (unpaired) electrons. The van der Waals surface area contributed by atoms with E-state index in [4.69, 9.17) is 5.73 Å². The van der Waals surface area contributed by atoms with Crippen molar-refractivity contribution in [3.8, 4) is 0 Å². The minimum Gasteiger partial charge on any atom is -0.369 e. The minimum atomic E-state index is 0.159. The van der Waals surface area contributed by atoms with Crippen LogP contribution in [0.5, 0.6) is 0 Å². The minimum absolute atomic E-state index is 0.159. The highest BCUT2D eigenvalue weighted by Crippen LogP contribution is 2.26. The van der Waals surface area contributed by atoms with Crippen LogP contribution in [0.25, 0.3) is 0 Å². The summed E-state index contributed by atoms with van der Waals surface area (Å²) >= 11 is 0. The lowest BCUT2D eigenvalue weighted by atomic mass is 9.98. The first kappa shape index (κ1) is 12.9. The quantitative estimate of drug-likeness (QED) is 0.861. The standard InChI is InChI=1S/C14H21N3O/c1-16(2)14(18)7-8-17-10-12(15)9-11-5-3-4-6-13(11)17/h3-6,12H,7-10,15H2,1-2H3. The number of carbonyl (C=O) groups is 1. The number of benzene rings is 1. The molecule has 1 aliphatic rings. The van der Waals surface area contributed by atoms with E-state index in [0.717, 1.165) is 19.5 Å². The number of fused-ring (bicyclic) bond motifs is 1. The first-order valence-electron chi connectivity index (χ1n) is 6.36. The molecule has 0 saturated carbocycles. The molecule has 4 heteroatoms. The van der Waals surface area contributed by atoms with Crippen LogP contribution in [-0.2, 0) is 11.2 Å². The lowest BCUT2D eigenvalue weighted by Gasteiger charge is -2.34. The summed E-state index contributed by atoms with van der Waals surface area (Å²) in [6, 6.07) is 8.47. The SMILES string of the molecule is CN(C)C(=O)CCN1CC(N)Cc2ccccc21. The van der Waals surface area contributed by atoms with Gasteiger partial charge >= 0.3 is 0 Å². The molecule has 1 atom stereocenters. The van der Waals surface area contributed by atoms with E-state index < -0.39 is 0 Å². The van der Waals surface area contributed by atoms with E-state index in [1.54, 1.807) is 19.0 Å². The number of para-hydroxylation sites is 1. The Labute approximate surface area is 108 Å². The Morgan fingerprint density at radius 3 is 2.89 bits per heavy atom. The van der Waals surface area contributed by atoms with Gasteiger partial charge in [-0.05, 0) is 18.1 Å². The van der Waals surface area contributed by atoms with Gasteiger partial charge in [-0.25, -0.2) is 0 Å². The molecule has 1 aromatic carbocycles. The molecule has 2 N–H and O–H groups in total. The van der Waals surface area contributed by atoms with Crippen LogP contribution in [0.4, 0.5) is 5.69 Å². The Bertz CT molecular complexity index is 431. The van der Waals surface area contributed by atoms with Gasteiger partial charge in [0.25, 0.3) is 0 Å². The molecule has 98 valence electrons. The Hall–Kier alpha value is -1.55. The van der Waals surface area contributed by atoms with Gasteiger partial charge in [-0.3, -0.25) is 4.79 Å². The van der Waals surface area contributed by atoms with Gasteiger partial charge in [0, 0.05) is 45.3 Å². The summed E-state index contributed by atoms with van der Waals surface area (Å²) in [5, 5.41) is 0. The molecule has 0 aliphatic carbocycles. The molecule has 1 amide bonds. The van der Waals surface area contributed by atoms with Crippen molar-refractivity contribution < 1.29 is 4.79 Å². The molecule has 0 aromatic heterocycles. The van der Waals surface area contributed by atoms with E-state index in [1.165, 1.54) is 11.3 Å². The van der Waals surface area contributed by atoms with Crippen LogP contribution in [0.2, 0.25) is 0 Å². The van der Waals surface area contributed by atoms with Gasteiger partial charge in [-0.2, -0.15) is 0 Å². The summed E-state index contributed by atoms with van der Waals surface area (Å²) < 4.78 is 0. The van der Waals surface area contributed by atoms with Crippen LogP contribution >= 0.6 is 0 Å². The highest BCUT2D eigenvalue weighted by atomic mass is 16.2. The molecule has 0 spiro atoms. The molecule has 1 aromatic rings. The van der Waals surface area contributed by atoms with E-state index in [1.807, 2.05) is 12.1 Å². The zero-order valence-electron chi connectivity index (χ0n) is 11.1. The predicted molar refractivity (Wildman–Crippen MR) is 73.6 cm³/mol. The van der Waals surface area contributed by atoms with E-state index in [2.05, 4.69) is 17.0 Å². The lowest BCUT2D eigenvalue weighted by Crippen LogP contribution is -2.44. The maximum absolute atomic E-state index is 11.6. The Kier molecular flexibility index (Phi) is 3.87. The molecule has 0 bridgehead atoms. The largest absolute Gasteiger partial charge is 0.369 e. The van der Waals surface area contributed by atoms with Crippen LogP contribution in [0.1, 0.15) is 12.0 Å². The molecule has 4 nitrogen and oxygen atoms in total. The normalized spacial score (nSPS) is 18.4. The number of rotatable bonds is 3. The summed E-state index contributed by atoms with van der Waals surface area (Å²) in [5.74, 6) is 0.159. The molecule has 2 rings (SSSR count). The van der Waals surface area contributed by atoms with Crippen molar-refractivity contribution in [1.29, 1.82) is 0 Å². The summed E-state index contributed by atoms with van der Waals surface area (Å²) in [6.07, 6.45) is 1.46.